The molecule has 1 aromatic carbocycles. The van der Waals surface area contributed by atoms with Crippen LogP contribution in [0.2, 0.25) is 0 Å². The third-order valence-corrected chi connectivity index (χ3v) is 2.50. The van der Waals surface area contributed by atoms with E-state index in [9.17, 15) is 4.39 Å². The summed E-state index contributed by atoms with van der Waals surface area (Å²) in [5.41, 5.74) is 2.06. The Morgan fingerprint density at radius 2 is 2.24 bits per heavy atom. The third-order valence-electron chi connectivity index (χ3n) is 2.50. The van der Waals surface area contributed by atoms with E-state index in [1.807, 2.05) is 23.1 Å². The standard InChI is InChI=1S/C13H16FN3/c1-2-15-7-12-8-16-17(10-12)9-11-4-3-5-13(14)6-11/h3-6,8,10,15H,2,7,9H2,1H3. The van der Waals surface area contributed by atoms with Crippen LogP contribution in [0.3, 0.4) is 0 Å². The van der Waals surface area contributed by atoms with Crippen molar-refractivity contribution >= 4 is 0 Å². The van der Waals surface area contributed by atoms with Crippen LogP contribution in [-0.2, 0) is 13.1 Å². The lowest BCUT2D eigenvalue weighted by Crippen LogP contribution is -2.11. The maximum Gasteiger partial charge on any atom is 0.123 e. The van der Waals surface area contributed by atoms with Gasteiger partial charge in [0.1, 0.15) is 5.82 Å². The fourth-order valence-electron chi connectivity index (χ4n) is 1.68. The molecule has 0 atom stereocenters. The van der Waals surface area contributed by atoms with E-state index in [0.29, 0.717) is 6.54 Å². The lowest BCUT2D eigenvalue weighted by atomic mass is 10.2. The Hall–Kier alpha value is -1.68. The fraction of sp³-hybridized carbons (Fsp3) is 0.308. The number of rotatable bonds is 5. The van der Waals surface area contributed by atoms with Gasteiger partial charge in [0.25, 0.3) is 0 Å². The molecule has 0 fully saturated rings. The van der Waals surface area contributed by atoms with Crippen LogP contribution in [0.15, 0.2) is 36.7 Å². The summed E-state index contributed by atoms with van der Waals surface area (Å²) >= 11 is 0. The van der Waals surface area contributed by atoms with Gasteiger partial charge in [0.05, 0.1) is 12.7 Å². The molecule has 0 unspecified atom stereocenters. The minimum Gasteiger partial charge on any atom is -0.313 e. The normalized spacial score (nSPS) is 10.7. The molecular weight excluding hydrogens is 217 g/mol. The maximum absolute atomic E-state index is 13.0. The van der Waals surface area contributed by atoms with Crippen molar-refractivity contribution in [2.24, 2.45) is 0 Å². The molecule has 2 rings (SSSR count). The van der Waals surface area contributed by atoms with Crippen LogP contribution in [-0.4, -0.2) is 16.3 Å². The Bertz CT molecular complexity index is 479. The molecule has 0 aliphatic heterocycles. The molecule has 0 bridgehead atoms. The minimum absolute atomic E-state index is 0.206. The monoisotopic (exact) mass is 233 g/mol. The number of benzene rings is 1. The van der Waals surface area contributed by atoms with Gasteiger partial charge in [-0.1, -0.05) is 19.1 Å². The van der Waals surface area contributed by atoms with Crippen LogP contribution in [0, 0.1) is 5.82 Å². The quantitative estimate of drug-likeness (QED) is 0.857. The highest BCUT2D eigenvalue weighted by atomic mass is 19.1. The predicted octanol–water partition coefficient (Wildman–Crippen LogP) is 2.18. The molecule has 4 heteroatoms. The Morgan fingerprint density at radius 3 is 3.00 bits per heavy atom. The topological polar surface area (TPSA) is 29.9 Å². The van der Waals surface area contributed by atoms with Gasteiger partial charge < -0.3 is 5.32 Å². The van der Waals surface area contributed by atoms with Crippen molar-refractivity contribution in [1.82, 2.24) is 15.1 Å². The molecule has 0 aliphatic carbocycles. The SMILES string of the molecule is CCNCc1cnn(Cc2cccc(F)c2)c1. The van der Waals surface area contributed by atoms with Crippen molar-refractivity contribution < 1.29 is 4.39 Å². The van der Waals surface area contributed by atoms with Gasteiger partial charge in [0.2, 0.25) is 0 Å². The van der Waals surface area contributed by atoms with Crippen molar-refractivity contribution in [3.8, 4) is 0 Å². The largest absolute Gasteiger partial charge is 0.313 e. The van der Waals surface area contributed by atoms with E-state index < -0.39 is 0 Å². The average molecular weight is 233 g/mol. The lowest BCUT2D eigenvalue weighted by Gasteiger charge is -2.01. The summed E-state index contributed by atoms with van der Waals surface area (Å²) in [5.74, 6) is -0.206. The van der Waals surface area contributed by atoms with E-state index in [0.717, 1.165) is 24.2 Å². The Labute approximate surface area is 100 Å². The van der Waals surface area contributed by atoms with Crippen molar-refractivity contribution in [2.75, 3.05) is 6.54 Å². The number of halogens is 1. The van der Waals surface area contributed by atoms with Crippen LogP contribution in [0.4, 0.5) is 4.39 Å². The zero-order chi connectivity index (χ0) is 12.1. The molecule has 0 aliphatic rings. The smallest absolute Gasteiger partial charge is 0.123 e. The molecule has 0 saturated heterocycles. The highest BCUT2D eigenvalue weighted by Gasteiger charge is 2.00. The third kappa shape index (κ3) is 3.39. The van der Waals surface area contributed by atoms with E-state index in [4.69, 9.17) is 0 Å². The second-order valence-corrected chi connectivity index (χ2v) is 3.96. The van der Waals surface area contributed by atoms with Gasteiger partial charge in [-0.3, -0.25) is 4.68 Å². The van der Waals surface area contributed by atoms with Crippen LogP contribution in [0.25, 0.3) is 0 Å². The van der Waals surface area contributed by atoms with Crippen LogP contribution < -0.4 is 5.32 Å². The molecule has 0 saturated carbocycles. The summed E-state index contributed by atoms with van der Waals surface area (Å²) in [6, 6.07) is 6.59. The molecule has 0 spiro atoms. The fourth-order valence-corrected chi connectivity index (χ4v) is 1.68. The first kappa shape index (κ1) is 11.8. The molecule has 2 aromatic rings. The highest BCUT2D eigenvalue weighted by molar-refractivity contribution is 5.17. The predicted molar refractivity (Wildman–Crippen MR) is 65.1 cm³/mol. The number of hydrogen-bond donors (Lipinski definition) is 1. The molecule has 1 aromatic heterocycles. The number of nitrogens with one attached hydrogen (secondary N) is 1. The average Bonchev–Trinajstić information content (AvgIpc) is 2.74. The first-order chi connectivity index (χ1) is 8.28. The van der Waals surface area contributed by atoms with Crippen molar-refractivity contribution in [2.45, 2.75) is 20.0 Å². The molecule has 90 valence electrons. The van der Waals surface area contributed by atoms with Gasteiger partial charge in [0, 0.05) is 18.3 Å². The van der Waals surface area contributed by atoms with Gasteiger partial charge >= 0.3 is 0 Å². The number of nitrogens with zero attached hydrogens (tertiary/aromatic N) is 2. The lowest BCUT2D eigenvalue weighted by molar-refractivity contribution is 0.619. The van der Waals surface area contributed by atoms with Crippen molar-refractivity contribution in [1.29, 1.82) is 0 Å². The number of hydrogen-bond acceptors (Lipinski definition) is 2. The van der Waals surface area contributed by atoms with Gasteiger partial charge in [-0.05, 0) is 24.2 Å². The van der Waals surface area contributed by atoms with Crippen molar-refractivity contribution in [3.63, 3.8) is 0 Å². The van der Waals surface area contributed by atoms with E-state index in [1.165, 1.54) is 12.1 Å². The zero-order valence-electron chi connectivity index (χ0n) is 9.86. The summed E-state index contributed by atoms with van der Waals surface area (Å²) in [5, 5.41) is 7.49. The van der Waals surface area contributed by atoms with Gasteiger partial charge in [-0.25, -0.2) is 4.39 Å². The summed E-state index contributed by atoms with van der Waals surface area (Å²) in [4.78, 5) is 0. The maximum atomic E-state index is 13.0. The molecule has 1 N–H and O–H groups in total. The second kappa shape index (κ2) is 5.59. The van der Waals surface area contributed by atoms with E-state index in [2.05, 4.69) is 17.3 Å². The summed E-state index contributed by atoms with van der Waals surface area (Å²) < 4.78 is 14.8. The van der Waals surface area contributed by atoms with Gasteiger partial charge in [-0.15, -0.1) is 0 Å². The molecule has 0 radical (unpaired) electrons. The summed E-state index contributed by atoms with van der Waals surface area (Å²) in [7, 11) is 0. The molecule has 17 heavy (non-hydrogen) atoms. The van der Waals surface area contributed by atoms with Crippen LogP contribution in [0.5, 0.6) is 0 Å². The molecule has 0 amide bonds. The van der Waals surface area contributed by atoms with E-state index in [-0.39, 0.29) is 5.82 Å². The molecule has 3 nitrogen and oxygen atoms in total. The van der Waals surface area contributed by atoms with E-state index in [1.54, 1.807) is 6.07 Å². The van der Waals surface area contributed by atoms with Gasteiger partial charge in [-0.2, -0.15) is 5.10 Å². The first-order valence-electron chi connectivity index (χ1n) is 5.74. The summed E-state index contributed by atoms with van der Waals surface area (Å²) in [6.45, 7) is 4.43. The van der Waals surface area contributed by atoms with E-state index >= 15 is 0 Å². The minimum atomic E-state index is -0.206. The summed E-state index contributed by atoms with van der Waals surface area (Å²) in [6.07, 6.45) is 3.82. The zero-order valence-corrected chi connectivity index (χ0v) is 9.86. The molecular formula is C13H16FN3. The Kier molecular flexibility index (Phi) is 3.88. The van der Waals surface area contributed by atoms with Crippen LogP contribution in [0.1, 0.15) is 18.1 Å². The number of aromatic nitrogens is 2. The van der Waals surface area contributed by atoms with Crippen molar-refractivity contribution in [3.05, 3.63) is 53.6 Å². The molecule has 1 heterocycles. The van der Waals surface area contributed by atoms with Crippen LogP contribution >= 0.6 is 0 Å². The first-order valence-corrected chi connectivity index (χ1v) is 5.74. The van der Waals surface area contributed by atoms with Gasteiger partial charge in [0.15, 0.2) is 0 Å². The highest BCUT2D eigenvalue weighted by Crippen LogP contribution is 2.06. The Balaban J connectivity index is 2.01. The Morgan fingerprint density at radius 1 is 1.35 bits per heavy atom. The second-order valence-electron chi connectivity index (χ2n) is 3.96.